The maximum absolute atomic E-state index is 12.5. The Kier molecular flexibility index (Phi) is 4.43. The Morgan fingerprint density at radius 3 is 2.75 bits per heavy atom. The fourth-order valence-corrected chi connectivity index (χ4v) is 3.52. The lowest BCUT2D eigenvalue weighted by molar-refractivity contribution is 0.0955. The van der Waals surface area contributed by atoms with Gasteiger partial charge in [0.2, 0.25) is 0 Å². The van der Waals surface area contributed by atoms with E-state index in [1.807, 2.05) is 0 Å². The van der Waals surface area contributed by atoms with Crippen molar-refractivity contribution in [3.05, 3.63) is 68.8 Å². The van der Waals surface area contributed by atoms with Crippen LogP contribution in [0.5, 0.6) is 5.75 Å². The molecule has 0 radical (unpaired) electrons. The van der Waals surface area contributed by atoms with Gasteiger partial charge in [0.1, 0.15) is 11.6 Å². The lowest BCUT2D eigenvalue weighted by atomic mass is 10.1. The number of fused-ring (bicyclic) bond motifs is 2. The van der Waals surface area contributed by atoms with Crippen molar-refractivity contribution in [1.29, 1.82) is 0 Å². The summed E-state index contributed by atoms with van der Waals surface area (Å²) in [7, 11) is 0. The summed E-state index contributed by atoms with van der Waals surface area (Å²) in [6.45, 7) is 4.31. The number of hydrogen-bond acceptors (Lipinski definition) is 5. The number of benzene rings is 2. The first kappa shape index (κ1) is 17.9. The van der Waals surface area contributed by atoms with Crippen LogP contribution in [0.1, 0.15) is 39.3 Å². The molecule has 1 amide bonds. The maximum atomic E-state index is 12.5. The molecule has 1 aliphatic heterocycles. The third-order valence-corrected chi connectivity index (χ3v) is 4.97. The average molecular weight is 376 g/mol. The predicted molar refractivity (Wildman–Crippen MR) is 107 cm³/mol. The largest absolute Gasteiger partial charge is 0.507 e. The maximum Gasteiger partial charge on any atom is 0.271 e. The van der Waals surface area contributed by atoms with Gasteiger partial charge in [-0.25, -0.2) is 10.4 Å². The molecule has 28 heavy (non-hydrogen) atoms. The minimum Gasteiger partial charge on any atom is -0.507 e. The van der Waals surface area contributed by atoms with Crippen LogP contribution in [-0.2, 0) is 13.0 Å². The fourth-order valence-electron chi connectivity index (χ4n) is 3.52. The molecule has 0 saturated carbocycles. The van der Waals surface area contributed by atoms with Crippen LogP contribution in [0.15, 0.2) is 40.2 Å². The summed E-state index contributed by atoms with van der Waals surface area (Å²) in [5, 5.41) is 14.3. The van der Waals surface area contributed by atoms with Crippen molar-refractivity contribution in [2.24, 2.45) is 5.10 Å². The van der Waals surface area contributed by atoms with Gasteiger partial charge < -0.3 is 5.11 Å². The first-order valence-corrected chi connectivity index (χ1v) is 9.11. The molecule has 0 aliphatic carbocycles. The number of hydrogen-bond donors (Lipinski definition) is 2. The number of nitrogens with zero attached hydrogens (tertiary/aromatic N) is 3. The second-order valence-corrected chi connectivity index (χ2v) is 7.02. The van der Waals surface area contributed by atoms with Crippen LogP contribution in [0.4, 0.5) is 0 Å². The summed E-state index contributed by atoms with van der Waals surface area (Å²) >= 11 is 0. The smallest absolute Gasteiger partial charge is 0.271 e. The van der Waals surface area contributed by atoms with Crippen molar-refractivity contribution in [2.75, 3.05) is 0 Å². The number of aryl methyl sites for hydroxylation is 3. The van der Waals surface area contributed by atoms with Crippen LogP contribution in [0, 0.1) is 13.8 Å². The molecule has 3 aromatic rings. The van der Waals surface area contributed by atoms with E-state index in [0.29, 0.717) is 23.0 Å². The Balaban J connectivity index is 1.56. The van der Waals surface area contributed by atoms with Gasteiger partial charge in [-0.2, -0.15) is 5.10 Å². The molecule has 7 nitrogen and oxygen atoms in total. The van der Waals surface area contributed by atoms with Gasteiger partial charge in [0.05, 0.1) is 17.1 Å². The highest BCUT2D eigenvalue weighted by molar-refractivity contribution is 5.98. The number of phenols is 1. The topological polar surface area (TPSA) is 96.6 Å². The van der Waals surface area contributed by atoms with Crippen molar-refractivity contribution >= 4 is 23.0 Å². The predicted octanol–water partition coefficient (Wildman–Crippen LogP) is 2.43. The van der Waals surface area contributed by atoms with Gasteiger partial charge in [0.25, 0.3) is 11.5 Å². The van der Waals surface area contributed by atoms with E-state index >= 15 is 0 Å². The molecule has 0 bridgehead atoms. The van der Waals surface area contributed by atoms with E-state index < -0.39 is 0 Å². The Morgan fingerprint density at radius 2 is 2.00 bits per heavy atom. The van der Waals surface area contributed by atoms with Crippen molar-refractivity contribution in [2.45, 2.75) is 33.2 Å². The molecular formula is C21H20N4O3. The Labute approximate surface area is 161 Å². The van der Waals surface area contributed by atoms with Crippen LogP contribution in [0.25, 0.3) is 10.9 Å². The van der Waals surface area contributed by atoms with Gasteiger partial charge >= 0.3 is 0 Å². The highest BCUT2D eigenvalue weighted by Crippen LogP contribution is 2.22. The van der Waals surface area contributed by atoms with Gasteiger partial charge in [-0.1, -0.05) is 0 Å². The number of aromatic hydroxyl groups is 1. The lowest BCUT2D eigenvalue weighted by Crippen LogP contribution is -2.22. The summed E-state index contributed by atoms with van der Waals surface area (Å²) in [5.41, 5.74) is 5.61. The van der Waals surface area contributed by atoms with E-state index in [1.54, 1.807) is 48.7 Å². The molecule has 2 N–H and O–H groups in total. The van der Waals surface area contributed by atoms with Crippen LogP contribution < -0.4 is 11.0 Å². The number of rotatable bonds is 3. The highest BCUT2D eigenvalue weighted by atomic mass is 16.3. The third kappa shape index (κ3) is 3.15. The van der Waals surface area contributed by atoms with E-state index in [1.165, 1.54) is 6.21 Å². The zero-order chi connectivity index (χ0) is 19.8. The average Bonchev–Trinajstić information content (AvgIpc) is 3.14. The van der Waals surface area contributed by atoms with Gasteiger partial charge in [-0.05, 0) is 67.3 Å². The second-order valence-electron chi connectivity index (χ2n) is 7.02. The van der Waals surface area contributed by atoms with Crippen molar-refractivity contribution < 1.29 is 9.90 Å². The first-order chi connectivity index (χ1) is 13.4. The molecule has 1 aliphatic rings. The molecular weight excluding hydrogens is 356 g/mol. The highest BCUT2D eigenvalue weighted by Gasteiger charge is 2.17. The molecule has 0 fully saturated rings. The van der Waals surface area contributed by atoms with Crippen molar-refractivity contribution in [3.63, 3.8) is 0 Å². The summed E-state index contributed by atoms with van der Waals surface area (Å²) in [4.78, 5) is 29.4. The standard InChI is InChI=1S/C21H20N4O3/c1-12-8-14(9-13(2)19(12)26)11-22-24-20(27)15-5-6-16-17(10-15)23-18-4-3-7-25(18)21(16)28/h5-6,8-11,26H,3-4,7H2,1-2H3,(H,24,27)/b22-11+. The van der Waals surface area contributed by atoms with Gasteiger partial charge in [-0.15, -0.1) is 0 Å². The molecule has 0 saturated heterocycles. The monoisotopic (exact) mass is 376 g/mol. The minimum atomic E-state index is -0.382. The van der Waals surface area contributed by atoms with Crippen LogP contribution >= 0.6 is 0 Å². The SMILES string of the molecule is Cc1cc(/C=N/NC(=O)c2ccc3c(=O)n4c(nc3c2)CCC4)cc(C)c1O. The molecule has 0 spiro atoms. The summed E-state index contributed by atoms with van der Waals surface area (Å²) in [5.74, 6) is 0.645. The number of hydrazone groups is 1. The molecule has 2 aromatic carbocycles. The molecule has 1 aromatic heterocycles. The zero-order valence-corrected chi connectivity index (χ0v) is 15.7. The number of nitrogens with one attached hydrogen (secondary N) is 1. The number of amides is 1. The second kappa shape index (κ2) is 6.92. The molecule has 142 valence electrons. The number of aromatic nitrogens is 2. The Bertz CT molecular complexity index is 1170. The van der Waals surface area contributed by atoms with Crippen molar-refractivity contribution in [1.82, 2.24) is 15.0 Å². The Hall–Kier alpha value is -3.48. The van der Waals surface area contributed by atoms with Gasteiger partial charge in [0.15, 0.2) is 0 Å². The van der Waals surface area contributed by atoms with Crippen LogP contribution in [0.3, 0.4) is 0 Å². The molecule has 0 unspecified atom stereocenters. The number of carbonyl (C=O) groups excluding carboxylic acids is 1. The quantitative estimate of drug-likeness (QED) is 0.542. The Morgan fingerprint density at radius 1 is 1.25 bits per heavy atom. The van der Waals surface area contributed by atoms with E-state index in [9.17, 15) is 14.7 Å². The van der Waals surface area contributed by atoms with Crippen molar-refractivity contribution in [3.8, 4) is 5.75 Å². The summed E-state index contributed by atoms with van der Waals surface area (Å²) in [6, 6.07) is 8.43. The van der Waals surface area contributed by atoms with Gasteiger partial charge in [-0.3, -0.25) is 14.2 Å². The van der Waals surface area contributed by atoms with Crippen LogP contribution in [0.2, 0.25) is 0 Å². The van der Waals surface area contributed by atoms with E-state index in [-0.39, 0.29) is 17.2 Å². The van der Waals surface area contributed by atoms with Crippen LogP contribution in [-0.4, -0.2) is 26.8 Å². The molecule has 0 atom stereocenters. The number of carbonyl (C=O) groups is 1. The van der Waals surface area contributed by atoms with E-state index in [4.69, 9.17) is 0 Å². The summed E-state index contributed by atoms with van der Waals surface area (Å²) < 4.78 is 1.70. The summed E-state index contributed by atoms with van der Waals surface area (Å²) in [6.07, 6.45) is 3.21. The fraction of sp³-hybridized carbons (Fsp3) is 0.238. The minimum absolute atomic E-state index is 0.0550. The lowest BCUT2D eigenvalue weighted by Gasteiger charge is -2.06. The number of phenolic OH excluding ortho intramolecular Hbond substituents is 1. The third-order valence-electron chi connectivity index (χ3n) is 4.97. The normalized spacial score (nSPS) is 13.2. The first-order valence-electron chi connectivity index (χ1n) is 9.11. The van der Waals surface area contributed by atoms with Gasteiger partial charge in [0, 0.05) is 18.5 Å². The molecule has 7 heteroatoms. The zero-order valence-electron chi connectivity index (χ0n) is 15.7. The molecule has 4 rings (SSSR count). The van der Waals surface area contributed by atoms with E-state index in [2.05, 4.69) is 15.5 Å². The molecule has 2 heterocycles. The van der Waals surface area contributed by atoms with E-state index in [0.717, 1.165) is 35.4 Å².